The second kappa shape index (κ2) is 9.77. The predicted octanol–water partition coefficient (Wildman–Crippen LogP) is 3.77. The van der Waals surface area contributed by atoms with Crippen LogP contribution in [0.15, 0.2) is 48.5 Å². The van der Waals surface area contributed by atoms with Crippen molar-refractivity contribution in [2.24, 2.45) is 0 Å². The first-order valence-corrected chi connectivity index (χ1v) is 10.9. The number of amides is 1. The summed E-state index contributed by atoms with van der Waals surface area (Å²) in [4.78, 5) is 12.8. The van der Waals surface area contributed by atoms with Crippen LogP contribution in [0, 0.1) is 36.8 Å². The quantitative estimate of drug-likeness (QED) is 0.395. The molecule has 3 N–H and O–H groups in total. The Morgan fingerprint density at radius 3 is 2.14 bits per heavy atom. The fraction of sp³-hybridized carbons (Fsp3) is 0.200. The van der Waals surface area contributed by atoms with Crippen LogP contribution in [0.25, 0.3) is 11.4 Å². The molecule has 0 bridgehead atoms. The highest BCUT2D eigenvalue weighted by Gasteiger charge is 2.20. The standard InChI is InChI=1S/C25H23F2N7O/c1-15-23(16(2)33(31-15)19-9-5-17(26)6-10-19)25(35)30-13-3-4-22-21(14-28)24(29)34(32-22)20-11-7-18(27)8-12-20/h5-12H,3-4,13,29H2,1-2H3,(H,30,35). The van der Waals surface area contributed by atoms with Gasteiger partial charge in [0.25, 0.3) is 5.91 Å². The van der Waals surface area contributed by atoms with Crippen molar-refractivity contribution in [2.75, 3.05) is 12.3 Å². The maximum absolute atomic E-state index is 13.2. The minimum atomic E-state index is -0.385. The van der Waals surface area contributed by atoms with Crippen LogP contribution in [0.1, 0.15) is 39.4 Å². The van der Waals surface area contributed by atoms with Crippen molar-refractivity contribution in [3.05, 3.63) is 88.4 Å². The molecule has 0 aliphatic carbocycles. The van der Waals surface area contributed by atoms with Gasteiger partial charge in [0.2, 0.25) is 0 Å². The summed E-state index contributed by atoms with van der Waals surface area (Å²) in [5, 5.41) is 21.2. The number of benzene rings is 2. The van der Waals surface area contributed by atoms with Gasteiger partial charge in [0.15, 0.2) is 0 Å². The lowest BCUT2D eigenvalue weighted by Gasteiger charge is -2.07. The van der Waals surface area contributed by atoms with Gasteiger partial charge in [0, 0.05) is 6.54 Å². The molecule has 2 heterocycles. The SMILES string of the molecule is Cc1nn(-c2ccc(F)cc2)c(C)c1C(=O)NCCCc1nn(-c2ccc(F)cc2)c(N)c1C#N. The molecule has 1 amide bonds. The number of carbonyl (C=O) groups excluding carboxylic acids is 1. The summed E-state index contributed by atoms with van der Waals surface area (Å²) in [6, 6.07) is 13.6. The molecule has 0 atom stereocenters. The molecule has 0 saturated heterocycles. The van der Waals surface area contributed by atoms with Gasteiger partial charge in [-0.25, -0.2) is 18.1 Å². The van der Waals surface area contributed by atoms with E-state index in [-0.39, 0.29) is 28.9 Å². The number of carbonyl (C=O) groups is 1. The molecule has 8 nitrogen and oxygen atoms in total. The summed E-state index contributed by atoms with van der Waals surface area (Å²) in [7, 11) is 0. The Hall–Kier alpha value is -4.52. The van der Waals surface area contributed by atoms with Crippen LogP contribution in [0.3, 0.4) is 0 Å². The van der Waals surface area contributed by atoms with Crippen molar-refractivity contribution in [3.63, 3.8) is 0 Å². The molecule has 0 fully saturated rings. The Morgan fingerprint density at radius 2 is 1.57 bits per heavy atom. The van der Waals surface area contributed by atoms with E-state index in [4.69, 9.17) is 5.73 Å². The van der Waals surface area contributed by atoms with Crippen molar-refractivity contribution in [3.8, 4) is 17.4 Å². The van der Waals surface area contributed by atoms with Crippen LogP contribution < -0.4 is 11.1 Å². The number of nitrogens with two attached hydrogens (primary N) is 1. The number of hydrogen-bond acceptors (Lipinski definition) is 5. The number of aromatic nitrogens is 4. The first kappa shape index (κ1) is 23.6. The molecule has 2 aromatic carbocycles. The van der Waals surface area contributed by atoms with Gasteiger partial charge < -0.3 is 11.1 Å². The van der Waals surface area contributed by atoms with E-state index < -0.39 is 0 Å². The van der Waals surface area contributed by atoms with E-state index in [1.807, 2.05) is 0 Å². The van der Waals surface area contributed by atoms with Crippen LogP contribution in [0.2, 0.25) is 0 Å². The number of nitrogen functional groups attached to an aromatic ring is 1. The number of aryl methyl sites for hydroxylation is 2. The molecule has 2 aromatic heterocycles. The van der Waals surface area contributed by atoms with E-state index >= 15 is 0 Å². The lowest BCUT2D eigenvalue weighted by atomic mass is 10.1. The molecule has 0 unspecified atom stereocenters. The van der Waals surface area contributed by atoms with Crippen LogP contribution in [-0.2, 0) is 6.42 Å². The lowest BCUT2D eigenvalue weighted by Crippen LogP contribution is -2.26. The number of nitrogens with zero attached hydrogens (tertiary/aromatic N) is 5. The zero-order chi connectivity index (χ0) is 25.1. The maximum Gasteiger partial charge on any atom is 0.255 e. The highest BCUT2D eigenvalue weighted by atomic mass is 19.1. The first-order chi connectivity index (χ1) is 16.8. The minimum Gasteiger partial charge on any atom is -0.382 e. The fourth-order valence-corrected chi connectivity index (χ4v) is 3.91. The molecule has 10 heteroatoms. The van der Waals surface area contributed by atoms with E-state index in [0.29, 0.717) is 53.4 Å². The highest BCUT2D eigenvalue weighted by molar-refractivity contribution is 5.96. The van der Waals surface area contributed by atoms with Crippen LogP contribution in [0.5, 0.6) is 0 Å². The van der Waals surface area contributed by atoms with E-state index in [0.717, 1.165) is 0 Å². The number of nitrogens with one attached hydrogen (secondary N) is 1. The average Bonchev–Trinajstić information content (AvgIpc) is 3.32. The zero-order valence-corrected chi connectivity index (χ0v) is 19.2. The molecule has 4 rings (SSSR count). The smallest absolute Gasteiger partial charge is 0.255 e. The van der Waals surface area contributed by atoms with Gasteiger partial charge >= 0.3 is 0 Å². The molecule has 0 saturated carbocycles. The number of rotatable bonds is 7. The maximum atomic E-state index is 13.2. The first-order valence-electron chi connectivity index (χ1n) is 10.9. The van der Waals surface area contributed by atoms with Crippen molar-refractivity contribution in [1.29, 1.82) is 5.26 Å². The van der Waals surface area contributed by atoms with Crippen LogP contribution in [-0.4, -0.2) is 32.0 Å². The lowest BCUT2D eigenvalue weighted by molar-refractivity contribution is 0.0952. The van der Waals surface area contributed by atoms with Crippen molar-refractivity contribution >= 4 is 11.7 Å². The summed E-state index contributed by atoms with van der Waals surface area (Å²) < 4.78 is 29.5. The molecule has 0 aliphatic heterocycles. The largest absolute Gasteiger partial charge is 0.382 e. The van der Waals surface area contributed by atoms with Gasteiger partial charge in [-0.2, -0.15) is 15.5 Å². The Kier molecular flexibility index (Phi) is 6.59. The van der Waals surface area contributed by atoms with Gasteiger partial charge in [-0.1, -0.05) is 0 Å². The van der Waals surface area contributed by atoms with Gasteiger partial charge in [0.1, 0.15) is 29.1 Å². The Bertz CT molecular complexity index is 1410. The van der Waals surface area contributed by atoms with E-state index in [1.54, 1.807) is 30.7 Å². The fourth-order valence-electron chi connectivity index (χ4n) is 3.91. The van der Waals surface area contributed by atoms with Crippen molar-refractivity contribution in [1.82, 2.24) is 24.9 Å². The second-order valence-corrected chi connectivity index (χ2v) is 8.00. The highest BCUT2D eigenvalue weighted by Crippen LogP contribution is 2.22. The van der Waals surface area contributed by atoms with Crippen LogP contribution >= 0.6 is 0 Å². The van der Waals surface area contributed by atoms with Crippen molar-refractivity contribution in [2.45, 2.75) is 26.7 Å². The number of nitriles is 1. The molecule has 0 spiro atoms. The predicted molar refractivity (Wildman–Crippen MR) is 126 cm³/mol. The second-order valence-electron chi connectivity index (χ2n) is 8.00. The normalized spacial score (nSPS) is 10.8. The topological polar surface area (TPSA) is 115 Å². The summed E-state index contributed by atoms with van der Waals surface area (Å²) >= 11 is 0. The summed E-state index contributed by atoms with van der Waals surface area (Å²) in [5.74, 6) is -0.829. The average molecular weight is 476 g/mol. The third-order valence-electron chi connectivity index (χ3n) is 5.64. The molecular formula is C25H23F2N7O. The van der Waals surface area contributed by atoms with Gasteiger partial charge in [-0.15, -0.1) is 0 Å². The molecular weight excluding hydrogens is 452 g/mol. The van der Waals surface area contributed by atoms with E-state index in [1.165, 1.54) is 41.1 Å². The Morgan fingerprint density at radius 1 is 1.00 bits per heavy atom. The summed E-state index contributed by atoms with van der Waals surface area (Å²) in [5.41, 5.74) is 9.70. The van der Waals surface area contributed by atoms with E-state index in [9.17, 15) is 18.8 Å². The van der Waals surface area contributed by atoms with Crippen LogP contribution in [0.4, 0.5) is 14.6 Å². The Labute approximate surface area is 200 Å². The molecule has 0 radical (unpaired) electrons. The molecule has 0 aliphatic rings. The third-order valence-corrected chi connectivity index (χ3v) is 5.64. The molecule has 35 heavy (non-hydrogen) atoms. The molecule has 4 aromatic rings. The van der Waals surface area contributed by atoms with E-state index in [2.05, 4.69) is 21.6 Å². The van der Waals surface area contributed by atoms with Gasteiger partial charge in [0.05, 0.1) is 34.0 Å². The van der Waals surface area contributed by atoms with Gasteiger partial charge in [-0.05, 0) is 75.2 Å². The van der Waals surface area contributed by atoms with Crippen molar-refractivity contribution < 1.29 is 13.6 Å². The van der Waals surface area contributed by atoms with Gasteiger partial charge in [-0.3, -0.25) is 4.79 Å². The summed E-state index contributed by atoms with van der Waals surface area (Å²) in [6.45, 7) is 3.86. The monoisotopic (exact) mass is 475 g/mol. The molecule has 178 valence electrons. The minimum absolute atomic E-state index is 0.178. The number of halogens is 2. The third kappa shape index (κ3) is 4.75. The summed E-state index contributed by atoms with van der Waals surface area (Å²) in [6.07, 6.45) is 0.929. The number of anilines is 1. The number of hydrogen-bond donors (Lipinski definition) is 2. The Balaban J connectivity index is 1.42. The zero-order valence-electron chi connectivity index (χ0n) is 19.2.